The number of nitrogens with zero attached hydrogens (tertiary/aromatic N) is 1. The van der Waals surface area contributed by atoms with Crippen molar-refractivity contribution in [3.8, 4) is 0 Å². The molecule has 1 aliphatic rings. The molecule has 76 valence electrons. The summed E-state index contributed by atoms with van der Waals surface area (Å²) in [6, 6.07) is 0. The molecule has 4 nitrogen and oxygen atoms in total. The molecule has 1 fully saturated rings. The molecule has 3 N–H and O–H groups in total. The van der Waals surface area contributed by atoms with Gasteiger partial charge in [0.1, 0.15) is 0 Å². The maximum atomic E-state index is 10.9. The second-order valence-corrected chi connectivity index (χ2v) is 3.64. The van der Waals surface area contributed by atoms with Gasteiger partial charge in [-0.3, -0.25) is 4.79 Å². The first-order valence-electron chi connectivity index (χ1n) is 4.89. The third-order valence-electron chi connectivity index (χ3n) is 2.52. The van der Waals surface area contributed by atoms with Crippen LogP contribution in [0.5, 0.6) is 0 Å². The third kappa shape index (κ3) is 3.32. The number of nitrogens with one attached hydrogen (secondary N) is 1. The molecule has 1 rings (SSSR count). The van der Waals surface area contributed by atoms with Crippen LogP contribution in [0.2, 0.25) is 0 Å². The van der Waals surface area contributed by atoms with Crippen LogP contribution in [-0.2, 0) is 4.79 Å². The Balaban J connectivity index is 1.93. The molecule has 0 spiro atoms. The van der Waals surface area contributed by atoms with E-state index < -0.39 is 0 Å². The summed E-state index contributed by atoms with van der Waals surface area (Å²) in [6.07, 6.45) is 1.59. The van der Waals surface area contributed by atoms with Gasteiger partial charge in [-0.2, -0.15) is 0 Å². The summed E-state index contributed by atoms with van der Waals surface area (Å²) in [5.74, 6) is 0.830. The first-order valence-corrected chi connectivity index (χ1v) is 4.89. The summed E-state index contributed by atoms with van der Waals surface area (Å²) in [4.78, 5) is 13.2. The van der Waals surface area contributed by atoms with Gasteiger partial charge < -0.3 is 16.0 Å². The van der Waals surface area contributed by atoms with E-state index in [1.54, 1.807) is 7.05 Å². The largest absolute Gasteiger partial charge is 0.359 e. The van der Waals surface area contributed by atoms with Crippen LogP contribution in [-0.4, -0.2) is 44.0 Å². The molecule has 1 aliphatic heterocycles. The van der Waals surface area contributed by atoms with E-state index >= 15 is 0 Å². The summed E-state index contributed by atoms with van der Waals surface area (Å²) in [5, 5.41) is 2.62. The lowest BCUT2D eigenvalue weighted by molar-refractivity contribution is -0.120. The van der Waals surface area contributed by atoms with E-state index in [-0.39, 0.29) is 5.91 Å². The van der Waals surface area contributed by atoms with E-state index in [0.717, 1.165) is 32.6 Å². The molecule has 0 radical (unpaired) electrons. The minimum atomic E-state index is 0.135. The maximum Gasteiger partial charge on any atom is 0.219 e. The zero-order chi connectivity index (χ0) is 9.68. The van der Waals surface area contributed by atoms with Crippen LogP contribution >= 0.6 is 0 Å². The Bertz CT molecular complexity index is 166. The van der Waals surface area contributed by atoms with Gasteiger partial charge in [-0.05, 0) is 25.4 Å². The average molecular weight is 185 g/mol. The summed E-state index contributed by atoms with van der Waals surface area (Å²) in [5.41, 5.74) is 5.50. The summed E-state index contributed by atoms with van der Waals surface area (Å²) < 4.78 is 0. The van der Waals surface area contributed by atoms with Crippen molar-refractivity contribution in [3.05, 3.63) is 0 Å². The molecule has 0 unspecified atom stereocenters. The van der Waals surface area contributed by atoms with Crippen molar-refractivity contribution < 1.29 is 4.79 Å². The number of carbonyl (C=O) groups excluding carboxylic acids is 1. The van der Waals surface area contributed by atoms with Crippen molar-refractivity contribution >= 4 is 5.91 Å². The van der Waals surface area contributed by atoms with E-state index in [0.29, 0.717) is 12.3 Å². The standard InChI is InChI=1S/C9H19N3O/c1-11-9(13)3-2-4-12-6-8(5-10)7-12/h8H,2-7,10H2,1H3,(H,11,13). The predicted molar refractivity (Wildman–Crippen MR) is 52.3 cm³/mol. The Kier molecular flexibility index (Phi) is 4.18. The quantitative estimate of drug-likeness (QED) is 0.601. The molecule has 4 heteroatoms. The minimum absolute atomic E-state index is 0.135. The van der Waals surface area contributed by atoms with Crippen LogP contribution in [0.1, 0.15) is 12.8 Å². The molecular formula is C9H19N3O. The number of hydrogen-bond acceptors (Lipinski definition) is 3. The normalized spacial score (nSPS) is 18.3. The number of hydrogen-bond donors (Lipinski definition) is 2. The van der Waals surface area contributed by atoms with Gasteiger partial charge in [0, 0.05) is 26.6 Å². The zero-order valence-corrected chi connectivity index (χ0v) is 8.25. The Labute approximate surface area is 79.5 Å². The number of likely N-dealkylation sites (tertiary alicyclic amines) is 1. The van der Waals surface area contributed by atoms with Crippen LogP contribution in [0.25, 0.3) is 0 Å². The van der Waals surface area contributed by atoms with Gasteiger partial charge in [-0.25, -0.2) is 0 Å². The molecule has 0 saturated carbocycles. The molecule has 0 bridgehead atoms. The number of carbonyl (C=O) groups is 1. The molecule has 0 atom stereocenters. The lowest BCUT2D eigenvalue weighted by Crippen LogP contribution is -2.50. The van der Waals surface area contributed by atoms with Crippen LogP contribution in [0.3, 0.4) is 0 Å². The van der Waals surface area contributed by atoms with Crippen molar-refractivity contribution in [1.29, 1.82) is 0 Å². The summed E-state index contributed by atoms with van der Waals surface area (Å²) in [7, 11) is 1.68. The number of nitrogens with two attached hydrogens (primary N) is 1. The molecule has 1 amide bonds. The molecule has 0 aromatic rings. The smallest absolute Gasteiger partial charge is 0.219 e. The highest BCUT2D eigenvalue weighted by Gasteiger charge is 2.24. The molecule has 1 saturated heterocycles. The van der Waals surface area contributed by atoms with Crippen molar-refractivity contribution in [2.45, 2.75) is 12.8 Å². The summed E-state index contributed by atoms with van der Waals surface area (Å²) >= 11 is 0. The fourth-order valence-electron chi connectivity index (χ4n) is 1.60. The van der Waals surface area contributed by atoms with Crippen molar-refractivity contribution in [2.75, 3.05) is 33.2 Å². The molecule has 0 aliphatic carbocycles. The Morgan fingerprint density at radius 3 is 2.85 bits per heavy atom. The zero-order valence-electron chi connectivity index (χ0n) is 8.25. The van der Waals surface area contributed by atoms with Crippen molar-refractivity contribution in [3.63, 3.8) is 0 Å². The van der Waals surface area contributed by atoms with Gasteiger partial charge in [-0.15, -0.1) is 0 Å². The molecule has 1 heterocycles. The predicted octanol–water partition coefficient (Wildman–Crippen LogP) is -0.597. The van der Waals surface area contributed by atoms with Gasteiger partial charge in [0.15, 0.2) is 0 Å². The lowest BCUT2D eigenvalue weighted by Gasteiger charge is -2.38. The lowest BCUT2D eigenvalue weighted by atomic mass is 10.0. The molecule has 0 aromatic heterocycles. The monoisotopic (exact) mass is 185 g/mol. The average Bonchev–Trinajstić information content (AvgIpc) is 2.08. The fraction of sp³-hybridized carbons (Fsp3) is 0.889. The van der Waals surface area contributed by atoms with Crippen LogP contribution in [0.4, 0.5) is 0 Å². The first-order chi connectivity index (χ1) is 6.26. The SMILES string of the molecule is CNC(=O)CCCN1CC(CN)C1. The van der Waals surface area contributed by atoms with E-state index in [2.05, 4.69) is 10.2 Å². The minimum Gasteiger partial charge on any atom is -0.359 e. The number of rotatable bonds is 5. The molecule has 0 aromatic carbocycles. The van der Waals surface area contributed by atoms with Crippen molar-refractivity contribution in [2.24, 2.45) is 11.7 Å². The van der Waals surface area contributed by atoms with Gasteiger partial charge >= 0.3 is 0 Å². The number of amides is 1. The Hall–Kier alpha value is -0.610. The van der Waals surface area contributed by atoms with E-state index in [1.165, 1.54) is 0 Å². The van der Waals surface area contributed by atoms with Crippen LogP contribution in [0.15, 0.2) is 0 Å². The third-order valence-corrected chi connectivity index (χ3v) is 2.52. The van der Waals surface area contributed by atoms with E-state index in [1.807, 2.05) is 0 Å². The van der Waals surface area contributed by atoms with E-state index in [4.69, 9.17) is 5.73 Å². The Morgan fingerprint density at radius 2 is 2.31 bits per heavy atom. The molecule has 13 heavy (non-hydrogen) atoms. The van der Waals surface area contributed by atoms with Crippen LogP contribution in [0, 0.1) is 5.92 Å². The summed E-state index contributed by atoms with van der Waals surface area (Å²) in [6.45, 7) is 4.06. The topological polar surface area (TPSA) is 58.4 Å². The maximum absolute atomic E-state index is 10.9. The van der Waals surface area contributed by atoms with E-state index in [9.17, 15) is 4.79 Å². The van der Waals surface area contributed by atoms with Gasteiger partial charge in [0.2, 0.25) is 5.91 Å². The molecular weight excluding hydrogens is 166 g/mol. The Morgan fingerprint density at radius 1 is 1.62 bits per heavy atom. The highest BCUT2D eigenvalue weighted by molar-refractivity contribution is 5.75. The highest BCUT2D eigenvalue weighted by atomic mass is 16.1. The second kappa shape index (κ2) is 5.19. The second-order valence-electron chi connectivity index (χ2n) is 3.64. The van der Waals surface area contributed by atoms with Gasteiger partial charge in [-0.1, -0.05) is 0 Å². The van der Waals surface area contributed by atoms with Gasteiger partial charge in [0.05, 0.1) is 0 Å². The van der Waals surface area contributed by atoms with Crippen molar-refractivity contribution in [1.82, 2.24) is 10.2 Å². The highest BCUT2D eigenvalue weighted by Crippen LogP contribution is 2.13. The fourth-order valence-corrected chi connectivity index (χ4v) is 1.60. The van der Waals surface area contributed by atoms with Crippen LogP contribution < -0.4 is 11.1 Å². The first kappa shape index (κ1) is 10.5. The van der Waals surface area contributed by atoms with Gasteiger partial charge in [0.25, 0.3) is 0 Å².